The molecule has 1 atom stereocenters. The third-order valence-electron chi connectivity index (χ3n) is 2.89. The monoisotopic (exact) mass is 259 g/mol. The summed E-state index contributed by atoms with van der Waals surface area (Å²) in [4.78, 5) is 16.3. The number of nitrogens with zero attached hydrogens (tertiary/aromatic N) is 1. The molecule has 1 saturated heterocycles. The molecule has 5 heteroatoms. The van der Waals surface area contributed by atoms with Crippen LogP contribution in [0.3, 0.4) is 0 Å². The minimum absolute atomic E-state index is 0.0112. The maximum absolute atomic E-state index is 11.9. The summed E-state index contributed by atoms with van der Waals surface area (Å²) in [6.45, 7) is 0. The molecule has 92 valence electrons. The number of pyridine rings is 1. The smallest absolute Gasteiger partial charge is 0.242 e. The molecule has 0 aliphatic carbocycles. The molecule has 1 aliphatic rings. The molecule has 2 heterocycles. The van der Waals surface area contributed by atoms with Gasteiger partial charge in [0, 0.05) is 17.0 Å². The number of nitrogens with one attached hydrogen (secondary N) is 2. The fourth-order valence-electron chi connectivity index (χ4n) is 1.93. The number of anilines is 1. The van der Waals surface area contributed by atoms with E-state index in [1.807, 2.05) is 30.3 Å². The van der Waals surface area contributed by atoms with Crippen LogP contribution in [-0.4, -0.2) is 28.6 Å². The van der Waals surface area contributed by atoms with E-state index in [2.05, 4.69) is 15.6 Å². The summed E-state index contributed by atoms with van der Waals surface area (Å²) in [5.41, 5.74) is 1.68. The van der Waals surface area contributed by atoms with Gasteiger partial charge in [0.1, 0.15) is 0 Å². The molecule has 1 aromatic carbocycles. The number of aromatic nitrogens is 1. The van der Waals surface area contributed by atoms with Gasteiger partial charge >= 0.3 is 0 Å². The minimum atomic E-state index is -0.0959. The van der Waals surface area contributed by atoms with Gasteiger partial charge in [-0.1, -0.05) is 18.2 Å². The van der Waals surface area contributed by atoms with Crippen molar-refractivity contribution in [1.82, 2.24) is 10.3 Å². The Kier molecular flexibility index (Phi) is 3.17. The van der Waals surface area contributed by atoms with Crippen LogP contribution >= 0.6 is 11.8 Å². The fourth-order valence-corrected chi connectivity index (χ4v) is 2.87. The quantitative estimate of drug-likeness (QED) is 0.864. The number of thioether (sulfide) groups is 1. The number of rotatable bonds is 2. The summed E-state index contributed by atoms with van der Waals surface area (Å²) in [6, 6.07) is 9.71. The highest BCUT2D eigenvalue weighted by atomic mass is 32.2. The Morgan fingerprint density at radius 2 is 2.33 bits per heavy atom. The highest BCUT2D eigenvalue weighted by Gasteiger charge is 2.22. The SMILES string of the molecule is O=C(Nc1cnc2ccccc2c1)C1CSCN1. The van der Waals surface area contributed by atoms with Crippen molar-refractivity contribution in [2.75, 3.05) is 16.9 Å². The summed E-state index contributed by atoms with van der Waals surface area (Å²) in [5.74, 6) is 1.68. The van der Waals surface area contributed by atoms with E-state index in [9.17, 15) is 4.79 Å². The van der Waals surface area contributed by atoms with E-state index < -0.39 is 0 Å². The van der Waals surface area contributed by atoms with E-state index in [1.165, 1.54) is 0 Å². The zero-order valence-electron chi connectivity index (χ0n) is 9.72. The van der Waals surface area contributed by atoms with Crippen LogP contribution < -0.4 is 10.6 Å². The number of benzene rings is 1. The largest absolute Gasteiger partial charge is 0.323 e. The number of hydrogen-bond acceptors (Lipinski definition) is 4. The van der Waals surface area contributed by atoms with Crippen LogP contribution in [0.5, 0.6) is 0 Å². The second kappa shape index (κ2) is 4.96. The summed E-state index contributed by atoms with van der Waals surface area (Å²) in [5, 5.41) is 7.07. The van der Waals surface area contributed by atoms with Gasteiger partial charge in [0.25, 0.3) is 0 Å². The maximum Gasteiger partial charge on any atom is 0.242 e. The third kappa shape index (κ3) is 2.32. The summed E-state index contributed by atoms with van der Waals surface area (Å²) in [7, 11) is 0. The van der Waals surface area contributed by atoms with Gasteiger partial charge < -0.3 is 5.32 Å². The molecule has 0 bridgehead atoms. The van der Waals surface area contributed by atoms with Crippen molar-refractivity contribution in [1.29, 1.82) is 0 Å². The standard InChI is InChI=1S/C13H13N3OS/c17-13(12-7-18-8-15-12)16-10-5-9-3-1-2-4-11(9)14-6-10/h1-6,12,15H,7-8H2,(H,16,17). The van der Waals surface area contributed by atoms with Gasteiger partial charge in [0.2, 0.25) is 5.91 Å². The van der Waals surface area contributed by atoms with Crippen LogP contribution in [0.15, 0.2) is 36.5 Å². The fraction of sp³-hybridized carbons (Fsp3) is 0.231. The second-order valence-corrected chi connectivity index (χ2v) is 5.21. The first-order chi connectivity index (χ1) is 8.83. The maximum atomic E-state index is 11.9. The van der Waals surface area contributed by atoms with Crippen molar-refractivity contribution in [3.05, 3.63) is 36.5 Å². The van der Waals surface area contributed by atoms with Crippen molar-refractivity contribution in [2.24, 2.45) is 0 Å². The molecule has 0 saturated carbocycles. The molecular formula is C13H13N3OS. The zero-order chi connectivity index (χ0) is 12.4. The van der Waals surface area contributed by atoms with Gasteiger partial charge in [0.15, 0.2) is 0 Å². The molecule has 2 aromatic rings. The Morgan fingerprint density at radius 3 is 3.17 bits per heavy atom. The number of amides is 1. The Balaban J connectivity index is 1.79. The predicted octanol–water partition coefficient (Wildman–Crippen LogP) is 1.84. The minimum Gasteiger partial charge on any atom is -0.323 e. The molecule has 1 unspecified atom stereocenters. The Hall–Kier alpha value is -1.59. The molecule has 1 amide bonds. The average molecular weight is 259 g/mol. The van der Waals surface area contributed by atoms with Crippen molar-refractivity contribution in [3.8, 4) is 0 Å². The van der Waals surface area contributed by atoms with Crippen molar-refractivity contribution in [3.63, 3.8) is 0 Å². The van der Waals surface area contributed by atoms with E-state index in [-0.39, 0.29) is 11.9 Å². The van der Waals surface area contributed by atoms with E-state index >= 15 is 0 Å². The number of carbonyl (C=O) groups is 1. The Bertz CT molecular complexity index is 581. The lowest BCUT2D eigenvalue weighted by Crippen LogP contribution is -2.37. The van der Waals surface area contributed by atoms with Gasteiger partial charge in [-0.05, 0) is 12.1 Å². The molecule has 3 rings (SSSR count). The second-order valence-electron chi connectivity index (χ2n) is 4.18. The van der Waals surface area contributed by atoms with E-state index in [0.29, 0.717) is 0 Å². The summed E-state index contributed by atoms with van der Waals surface area (Å²) in [6.07, 6.45) is 1.70. The first kappa shape index (κ1) is 11.5. The van der Waals surface area contributed by atoms with Crippen molar-refractivity contribution < 1.29 is 4.79 Å². The molecule has 1 aliphatic heterocycles. The summed E-state index contributed by atoms with van der Waals surface area (Å²) < 4.78 is 0. The molecule has 0 spiro atoms. The van der Waals surface area contributed by atoms with E-state index in [4.69, 9.17) is 0 Å². The number of fused-ring (bicyclic) bond motifs is 1. The number of para-hydroxylation sites is 1. The van der Waals surface area contributed by atoms with Gasteiger partial charge in [-0.3, -0.25) is 15.1 Å². The molecule has 18 heavy (non-hydrogen) atoms. The zero-order valence-corrected chi connectivity index (χ0v) is 10.5. The number of hydrogen-bond donors (Lipinski definition) is 2. The Morgan fingerprint density at radius 1 is 1.44 bits per heavy atom. The molecule has 2 N–H and O–H groups in total. The number of carbonyl (C=O) groups excluding carboxylic acids is 1. The molecular weight excluding hydrogens is 246 g/mol. The highest BCUT2D eigenvalue weighted by molar-refractivity contribution is 7.99. The summed E-state index contributed by atoms with van der Waals surface area (Å²) >= 11 is 1.74. The Labute approximate surface area is 109 Å². The normalized spacial score (nSPS) is 19.0. The van der Waals surface area contributed by atoms with Gasteiger partial charge in [-0.15, -0.1) is 11.8 Å². The van der Waals surface area contributed by atoms with Crippen LogP contribution in [0.25, 0.3) is 10.9 Å². The van der Waals surface area contributed by atoms with Gasteiger partial charge in [0.05, 0.1) is 23.4 Å². The lowest BCUT2D eigenvalue weighted by molar-refractivity contribution is -0.117. The van der Waals surface area contributed by atoms with Crippen LogP contribution in [0.1, 0.15) is 0 Å². The lowest BCUT2D eigenvalue weighted by Gasteiger charge is -2.10. The van der Waals surface area contributed by atoms with Crippen LogP contribution in [-0.2, 0) is 4.79 Å². The predicted molar refractivity (Wildman–Crippen MR) is 74.6 cm³/mol. The van der Waals surface area contributed by atoms with Gasteiger partial charge in [-0.25, -0.2) is 0 Å². The van der Waals surface area contributed by atoms with E-state index in [1.54, 1.807) is 18.0 Å². The van der Waals surface area contributed by atoms with Crippen molar-refractivity contribution in [2.45, 2.75) is 6.04 Å². The highest BCUT2D eigenvalue weighted by Crippen LogP contribution is 2.17. The van der Waals surface area contributed by atoms with Crippen LogP contribution in [0.4, 0.5) is 5.69 Å². The van der Waals surface area contributed by atoms with Crippen LogP contribution in [0.2, 0.25) is 0 Å². The van der Waals surface area contributed by atoms with Crippen molar-refractivity contribution >= 4 is 34.3 Å². The first-order valence-electron chi connectivity index (χ1n) is 5.80. The molecule has 1 aromatic heterocycles. The topological polar surface area (TPSA) is 54.0 Å². The van der Waals surface area contributed by atoms with Gasteiger partial charge in [-0.2, -0.15) is 0 Å². The first-order valence-corrected chi connectivity index (χ1v) is 6.95. The molecule has 1 fully saturated rings. The van der Waals surface area contributed by atoms with Crippen LogP contribution in [0, 0.1) is 0 Å². The van der Waals surface area contributed by atoms with E-state index in [0.717, 1.165) is 28.2 Å². The third-order valence-corrected chi connectivity index (χ3v) is 3.83. The lowest BCUT2D eigenvalue weighted by atomic mass is 10.2. The molecule has 0 radical (unpaired) electrons. The molecule has 4 nitrogen and oxygen atoms in total. The average Bonchev–Trinajstić information content (AvgIpc) is 2.92.